The maximum Gasteiger partial charge on any atom is 0.240 e. The van der Waals surface area contributed by atoms with Crippen LogP contribution >= 0.6 is 0 Å². The Bertz CT molecular complexity index is 375. The van der Waals surface area contributed by atoms with Crippen LogP contribution in [0.15, 0.2) is 30.3 Å². The van der Waals surface area contributed by atoms with Crippen molar-refractivity contribution in [1.82, 2.24) is 5.32 Å². The number of benzene rings is 1. The second-order valence-electron chi connectivity index (χ2n) is 4.48. The molecule has 0 aliphatic carbocycles. The summed E-state index contributed by atoms with van der Waals surface area (Å²) in [7, 11) is 0. The number of rotatable bonds is 6. The molecular formula is C14H22N2O2. The molecule has 1 unspecified atom stereocenters. The van der Waals surface area contributed by atoms with E-state index in [1.165, 1.54) is 0 Å². The molecule has 0 fully saturated rings. The zero-order valence-corrected chi connectivity index (χ0v) is 11.0. The smallest absolute Gasteiger partial charge is 0.240 e. The number of nitrogens with two attached hydrogens (primary N) is 1. The number of amides is 1. The summed E-state index contributed by atoms with van der Waals surface area (Å²) in [4.78, 5) is 12.1. The summed E-state index contributed by atoms with van der Waals surface area (Å²) in [6.07, 6.45) is 1.14. The fraction of sp³-hybridized carbons (Fsp3) is 0.500. The van der Waals surface area contributed by atoms with Gasteiger partial charge in [-0.05, 0) is 18.4 Å². The van der Waals surface area contributed by atoms with Crippen LogP contribution in [0.1, 0.15) is 38.3 Å². The van der Waals surface area contributed by atoms with Crippen LogP contribution in [0.5, 0.6) is 0 Å². The van der Waals surface area contributed by atoms with Gasteiger partial charge in [-0.1, -0.05) is 44.2 Å². The first-order valence-electron chi connectivity index (χ1n) is 6.33. The molecular weight excluding hydrogens is 228 g/mol. The van der Waals surface area contributed by atoms with Gasteiger partial charge in [-0.25, -0.2) is 0 Å². The lowest BCUT2D eigenvalue weighted by molar-refractivity contribution is -0.127. The molecule has 1 aromatic rings. The van der Waals surface area contributed by atoms with E-state index < -0.39 is 11.6 Å². The van der Waals surface area contributed by atoms with Gasteiger partial charge in [0.05, 0.1) is 18.2 Å². The molecule has 18 heavy (non-hydrogen) atoms. The van der Waals surface area contributed by atoms with Crippen LogP contribution < -0.4 is 11.1 Å². The highest BCUT2D eigenvalue weighted by molar-refractivity contribution is 5.86. The molecule has 0 aliphatic rings. The summed E-state index contributed by atoms with van der Waals surface area (Å²) in [6.45, 7) is 3.64. The SMILES string of the molecule is CCC(N)(CC)C(=O)NC(CO)c1ccccc1. The van der Waals surface area contributed by atoms with Crippen LogP contribution in [-0.2, 0) is 4.79 Å². The molecule has 0 saturated heterocycles. The Morgan fingerprint density at radius 3 is 2.33 bits per heavy atom. The summed E-state index contributed by atoms with van der Waals surface area (Å²) in [5, 5.41) is 12.2. The number of hydrogen-bond acceptors (Lipinski definition) is 3. The third kappa shape index (κ3) is 3.31. The van der Waals surface area contributed by atoms with Crippen molar-refractivity contribution in [2.45, 2.75) is 38.3 Å². The zero-order chi connectivity index (χ0) is 13.6. The molecule has 1 rings (SSSR count). The van der Waals surface area contributed by atoms with Crippen molar-refractivity contribution in [1.29, 1.82) is 0 Å². The summed E-state index contributed by atoms with van der Waals surface area (Å²) < 4.78 is 0. The standard InChI is InChI=1S/C14H22N2O2/c1-3-14(15,4-2)13(18)16-12(10-17)11-8-6-5-7-9-11/h5-9,12,17H,3-4,10,15H2,1-2H3,(H,16,18). The Morgan fingerprint density at radius 1 is 1.33 bits per heavy atom. The van der Waals surface area contributed by atoms with E-state index in [0.717, 1.165) is 5.56 Å². The maximum atomic E-state index is 12.1. The molecule has 1 atom stereocenters. The first-order chi connectivity index (χ1) is 8.57. The van der Waals surface area contributed by atoms with Crippen LogP contribution in [0, 0.1) is 0 Å². The minimum absolute atomic E-state index is 0.140. The minimum atomic E-state index is -0.859. The van der Waals surface area contributed by atoms with Crippen molar-refractivity contribution in [3.05, 3.63) is 35.9 Å². The normalized spacial score (nSPS) is 13.1. The van der Waals surface area contributed by atoms with Crippen LogP contribution in [0.25, 0.3) is 0 Å². The topological polar surface area (TPSA) is 75.4 Å². The van der Waals surface area contributed by atoms with E-state index in [9.17, 15) is 9.90 Å². The van der Waals surface area contributed by atoms with Gasteiger partial charge in [-0.15, -0.1) is 0 Å². The lowest BCUT2D eigenvalue weighted by Crippen LogP contribution is -2.54. The second kappa shape index (κ2) is 6.52. The predicted molar refractivity (Wildman–Crippen MR) is 71.9 cm³/mol. The Hall–Kier alpha value is -1.39. The predicted octanol–water partition coefficient (Wildman–Crippen LogP) is 1.35. The van der Waals surface area contributed by atoms with Gasteiger partial charge in [0.15, 0.2) is 0 Å². The van der Waals surface area contributed by atoms with Crippen molar-refractivity contribution in [3.8, 4) is 0 Å². The number of aliphatic hydroxyl groups excluding tert-OH is 1. The molecule has 1 aromatic carbocycles. The van der Waals surface area contributed by atoms with Gasteiger partial charge >= 0.3 is 0 Å². The molecule has 0 aliphatic heterocycles. The van der Waals surface area contributed by atoms with Crippen molar-refractivity contribution < 1.29 is 9.90 Å². The zero-order valence-electron chi connectivity index (χ0n) is 11.0. The van der Waals surface area contributed by atoms with Gasteiger partial charge in [0.25, 0.3) is 0 Å². The molecule has 100 valence electrons. The highest BCUT2D eigenvalue weighted by Crippen LogP contribution is 2.16. The van der Waals surface area contributed by atoms with Gasteiger partial charge in [-0.2, -0.15) is 0 Å². The van der Waals surface area contributed by atoms with E-state index in [-0.39, 0.29) is 12.5 Å². The van der Waals surface area contributed by atoms with Gasteiger partial charge in [0.2, 0.25) is 5.91 Å². The highest BCUT2D eigenvalue weighted by atomic mass is 16.3. The first kappa shape index (κ1) is 14.7. The Kier molecular flexibility index (Phi) is 5.31. The third-order valence-electron chi connectivity index (χ3n) is 3.40. The average Bonchev–Trinajstić information content (AvgIpc) is 2.44. The van der Waals surface area contributed by atoms with E-state index in [1.807, 2.05) is 44.2 Å². The first-order valence-corrected chi connectivity index (χ1v) is 6.33. The number of hydrogen-bond donors (Lipinski definition) is 3. The Morgan fingerprint density at radius 2 is 1.89 bits per heavy atom. The monoisotopic (exact) mass is 250 g/mol. The van der Waals surface area contributed by atoms with Crippen LogP contribution in [0.2, 0.25) is 0 Å². The minimum Gasteiger partial charge on any atom is -0.394 e. The molecule has 0 aromatic heterocycles. The van der Waals surface area contributed by atoms with Crippen LogP contribution in [0.4, 0.5) is 0 Å². The summed E-state index contributed by atoms with van der Waals surface area (Å²) >= 11 is 0. The maximum absolute atomic E-state index is 12.1. The van der Waals surface area contributed by atoms with Gasteiger partial charge in [0.1, 0.15) is 0 Å². The number of carbonyl (C=O) groups is 1. The largest absolute Gasteiger partial charge is 0.394 e. The molecule has 1 amide bonds. The number of carbonyl (C=O) groups excluding carboxylic acids is 1. The molecule has 0 saturated carbocycles. The van der Waals surface area contributed by atoms with Crippen molar-refractivity contribution >= 4 is 5.91 Å². The molecule has 0 heterocycles. The van der Waals surface area contributed by atoms with E-state index in [1.54, 1.807) is 0 Å². The molecule has 0 spiro atoms. The average molecular weight is 250 g/mol. The molecule has 0 radical (unpaired) electrons. The fourth-order valence-corrected chi connectivity index (χ4v) is 1.79. The molecule has 0 bridgehead atoms. The van der Waals surface area contributed by atoms with Crippen molar-refractivity contribution in [2.75, 3.05) is 6.61 Å². The van der Waals surface area contributed by atoms with Gasteiger partial charge < -0.3 is 16.2 Å². The lowest BCUT2D eigenvalue weighted by atomic mass is 9.92. The van der Waals surface area contributed by atoms with Gasteiger partial charge in [0, 0.05) is 0 Å². The van der Waals surface area contributed by atoms with Crippen LogP contribution in [0.3, 0.4) is 0 Å². The van der Waals surface area contributed by atoms with Crippen molar-refractivity contribution in [2.24, 2.45) is 5.73 Å². The summed E-state index contributed by atoms with van der Waals surface area (Å²) in [5.41, 5.74) is 6.05. The third-order valence-corrected chi connectivity index (χ3v) is 3.40. The molecule has 4 heteroatoms. The summed E-state index contributed by atoms with van der Waals surface area (Å²) in [6, 6.07) is 8.98. The Labute approximate surface area is 108 Å². The van der Waals surface area contributed by atoms with E-state index in [2.05, 4.69) is 5.32 Å². The second-order valence-corrected chi connectivity index (χ2v) is 4.48. The van der Waals surface area contributed by atoms with Crippen molar-refractivity contribution in [3.63, 3.8) is 0 Å². The van der Waals surface area contributed by atoms with E-state index in [4.69, 9.17) is 5.73 Å². The number of aliphatic hydroxyl groups is 1. The van der Waals surface area contributed by atoms with Crippen LogP contribution in [-0.4, -0.2) is 23.2 Å². The van der Waals surface area contributed by atoms with Gasteiger partial charge in [-0.3, -0.25) is 4.79 Å². The quantitative estimate of drug-likeness (QED) is 0.713. The Balaban J connectivity index is 2.79. The van der Waals surface area contributed by atoms with E-state index in [0.29, 0.717) is 12.8 Å². The number of nitrogens with one attached hydrogen (secondary N) is 1. The lowest BCUT2D eigenvalue weighted by Gasteiger charge is -2.28. The van der Waals surface area contributed by atoms with E-state index >= 15 is 0 Å². The molecule has 4 N–H and O–H groups in total. The summed E-state index contributed by atoms with van der Waals surface area (Å²) in [5.74, 6) is -0.213. The highest BCUT2D eigenvalue weighted by Gasteiger charge is 2.31. The fourth-order valence-electron chi connectivity index (χ4n) is 1.79. The molecule has 4 nitrogen and oxygen atoms in total.